The average molecular weight is 401 g/mol. The number of benzene rings is 1. The van der Waals surface area contributed by atoms with Gasteiger partial charge < -0.3 is 4.42 Å². The standard InChI is InChI=1S/C22H22F3N3O/c1-15-19(14-28-12-5-3-10-20(28)18-9-2-4-11-26-18)27-21(29-15)16-7-6-8-17(13-16)22(23,24)25/h2,4,6-9,11,13,20H,3,5,10,12,14H2,1H3. The number of hydrogen-bond donors (Lipinski definition) is 0. The van der Waals surface area contributed by atoms with Crippen LogP contribution in [0.4, 0.5) is 13.2 Å². The maximum Gasteiger partial charge on any atom is 0.416 e. The third-order valence-electron chi connectivity index (χ3n) is 5.33. The van der Waals surface area contributed by atoms with Crippen LogP contribution in [0.3, 0.4) is 0 Å². The Balaban J connectivity index is 1.58. The normalized spacial score (nSPS) is 18.1. The van der Waals surface area contributed by atoms with Crippen LogP contribution in [-0.2, 0) is 12.7 Å². The van der Waals surface area contributed by atoms with Crippen molar-refractivity contribution in [1.29, 1.82) is 0 Å². The van der Waals surface area contributed by atoms with E-state index in [4.69, 9.17) is 4.42 Å². The highest BCUT2D eigenvalue weighted by atomic mass is 19.4. The van der Waals surface area contributed by atoms with Crippen molar-refractivity contribution >= 4 is 0 Å². The molecular formula is C22H22F3N3O. The number of aromatic nitrogens is 2. The zero-order chi connectivity index (χ0) is 20.4. The average Bonchev–Trinajstić information content (AvgIpc) is 3.09. The minimum absolute atomic E-state index is 0.207. The summed E-state index contributed by atoms with van der Waals surface area (Å²) in [6, 6.07) is 11.2. The summed E-state index contributed by atoms with van der Waals surface area (Å²) in [5.41, 5.74) is 1.40. The summed E-state index contributed by atoms with van der Waals surface area (Å²) in [7, 11) is 0. The maximum absolute atomic E-state index is 13.0. The van der Waals surface area contributed by atoms with Gasteiger partial charge in [-0.25, -0.2) is 4.98 Å². The monoisotopic (exact) mass is 401 g/mol. The van der Waals surface area contributed by atoms with Crippen molar-refractivity contribution in [2.24, 2.45) is 0 Å². The molecule has 1 atom stereocenters. The lowest BCUT2D eigenvalue weighted by molar-refractivity contribution is -0.137. The van der Waals surface area contributed by atoms with Crippen LogP contribution in [0.2, 0.25) is 0 Å². The minimum Gasteiger partial charge on any atom is -0.441 e. The maximum atomic E-state index is 13.0. The lowest BCUT2D eigenvalue weighted by Gasteiger charge is -2.34. The van der Waals surface area contributed by atoms with E-state index >= 15 is 0 Å². The first kappa shape index (κ1) is 19.6. The molecule has 29 heavy (non-hydrogen) atoms. The lowest BCUT2D eigenvalue weighted by atomic mass is 9.98. The Morgan fingerprint density at radius 1 is 1.14 bits per heavy atom. The third kappa shape index (κ3) is 4.34. The fraction of sp³-hybridized carbons (Fsp3) is 0.364. The van der Waals surface area contributed by atoms with Gasteiger partial charge in [-0.15, -0.1) is 0 Å². The first-order chi connectivity index (χ1) is 13.9. The predicted octanol–water partition coefficient (Wildman–Crippen LogP) is 5.79. The van der Waals surface area contributed by atoms with E-state index in [9.17, 15) is 13.2 Å². The molecule has 0 amide bonds. The Morgan fingerprint density at radius 3 is 2.76 bits per heavy atom. The molecule has 0 bridgehead atoms. The van der Waals surface area contributed by atoms with Crippen LogP contribution in [0.1, 0.15) is 48.0 Å². The van der Waals surface area contributed by atoms with Gasteiger partial charge in [0.2, 0.25) is 5.89 Å². The second kappa shape index (κ2) is 7.99. The van der Waals surface area contributed by atoms with Gasteiger partial charge in [0.05, 0.1) is 23.0 Å². The van der Waals surface area contributed by atoms with Crippen molar-refractivity contribution < 1.29 is 17.6 Å². The van der Waals surface area contributed by atoms with Gasteiger partial charge >= 0.3 is 6.18 Å². The summed E-state index contributed by atoms with van der Waals surface area (Å²) in [6.07, 6.45) is 0.666. The molecule has 1 saturated heterocycles. The molecule has 1 aliphatic rings. The summed E-state index contributed by atoms with van der Waals surface area (Å²) in [4.78, 5) is 11.4. The summed E-state index contributed by atoms with van der Waals surface area (Å²) in [5.74, 6) is 0.845. The van der Waals surface area contributed by atoms with Gasteiger partial charge in [-0.3, -0.25) is 9.88 Å². The first-order valence-corrected chi connectivity index (χ1v) is 9.71. The molecule has 0 aliphatic carbocycles. The number of hydrogen-bond acceptors (Lipinski definition) is 4. The first-order valence-electron chi connectivity index (χ1n) is 9.71. The number of halogens is 3. The van der Waals surface area contributed by atoms with Crippen LogP contribution in [0.5, 0.6) is 0 Å². The lowest BCUT2D eigenvalue weighted by Crippen LogP contribution is -2.33. The molecule has 4 nitrogen and oxygen atoms in total. The highest BCUT2D eigenvalue weighted by Crippen LogP contribution is 2.34. The number of aryl methyl sites for hydroxylation is 1. The molecule has 1 aromatic carbocycles. The second-order valence-corrected chi connectivity index (χ2v) is 7.34. The largest absolute Gasteiger partial charge is 0.441 e. The molecule has 152 valence electrons. The highest BCUT2D eigenvalue weighted by molar-refractivity contribution is 5.55. The molecule has 1 fully saturated rings. The van der Waals surface area contributed by atoms with Gasteiger partial charge in [0.1, 0.15) is 5.76 Å². The van der Waals surface area contributed by atoms with E-state index in [0.717, 1.165) is 49.3 Å². The molecule has 0 saturated carbocycles. The summed E-state index contributed by atoms with van der Waals surface area (Å²) >= 11 is 0. The SMILES string of the molecule is Cc1oc(-c2cccc(C(F)(F)F)c2)nc1CN1CCCCC1c1ccccn1. The molecule has 3 aromatic rings. The van der Waals surface area contributed by atoms with Crippen LogP contribution >= 0.6 is 0 Å². The third-order valence-corrected chi connectivity index (χ3v) is 5.33. The van der Waals surface area contributed by atoms with Crippen molar-refractivity contribution in [3.05, 3.63) is 71.4 Å². The minimum atomic E-state index is -4.40. The topological polar surface area (TPSA) is 42.2 Å². The van der Waals surface area contributed by atoms with Gasteiger partial charge in [0, 0.05) is 18.3 Å². The molecule has 1 aliphatic heterocycles. The van der Waals surface area contributed by atoms with E-state index in [0.29, 0.717) is 17.9 Å². The van der Waals surface area contributed by atoms with Gasteiger partial charge in [-0.2, -0.15) is 13.2 Å². The van der Waals surface area contributed by atoms with Gasteiger partial charge in [-0.05, 0) is 56.6 Å². The molecule has 3 heterocycles. The van der Waals surface area contributed by atoms with E-state index in [2.05, 4.69) is 14.9 Å². The van der Waals surface area contributed by atoms with E-state index in [1.807, 2.05) is 18.2 Å². The summed E-state index contributed by atoms with van der Waals surface area (Å²) in [6.45, 7) is 3.31. The molecule has 7 heteroatoms. The van der Waals surface area contributed by atoms with Crippen LogP contribution in [0.15, 0.2) is 53.1 Å². The van der Waals surface area contributed by atoms with Crippen LogP contribution in [0, 0.1) is 6.92 Å². The van der Waals surface area contributed by atoms with Gasteiger partial charge in [0.15, 0.2) is 0 Å². The van der Waals surface area contributed by atoms with Crippen molar-refractivity contribution in [2.75, 3.05) is 6.54 Å². The molecular weight excluding hydrogens is 379 g/mol. The Labute approximate surface area is 167 Å². The number of rotatable bonds is 4. The smallest absolute Gasteiger partial charge is 0.416 e. The summed E-state index contributed by atoms with van der Waals surface area (Å²) in [5, 5.41) is 0. The van der Waals surface area contributed by atoms with Crippen LogP contribution in [0.25, 0.3) is 11.5 Å². The van der Waals surface area contributed by atoms with Crippen molar-refractivity contribution in [2.45, 2.75) is 44.9 Å². The molecule has 1 unspecified atom stereocenters. The second-order valence-electron chi connectivity index (χ2n) is 7.34. The van der Waals surface area contributed by atoms with Crippen LogP contribution in [-0.4, -0.2) is 21.4 Å². The number of piperidine rings is 1. The predicted molar refractivity (Wildman–Crippen MR) is 103 cm³/mol. The number of pyridine rings is 1. The number of likely N-dealkylation sites (tertiary alicyclic amines) is 1. The highest BCUT2D eigenvalue weighted by Gasteiger charge is 2.31. The molecule has 0 spiro atoms. The van der Waals surface area contributed by atoms with Gasteiger partial charge in [-0.1, -0.05) is 18.6 Å². The molecule has 4 rings (SSSR count). The van der Waals surface area contributed by atoms with E-state index in [1.54, 1.807) is 19.2 Å². The van der Waals surface area contributed by atoms with Crippen molar-refractivity contribution in [3.63, 3.8) is 0 Å². The number of nitrogens with zero attached hydrogens (tertiary/aromatic N) is 3. The van der Waals surface area contributed by atoms with E-state index in [1.165, 1.54) is 6.07 Å². The molecule has 0 N–H and O–H groups in total. The van der Waals surface area contributed by atoms with Crippen molar-refractivity contribution in [3.8, 4) is 11.5 Å². The Kier molecular flexibility index (Phi) is 5.41. The van der Waals surface area contributed by atoms with E-state index < -0.39 is 11.7 Å². The number of alkyl halides is 3. The Bertz CT molecular complexity index is 969. The number of oxazole rings is 1. The van der Waals surface area contributed by atoms with E-state index in [-0.39, 0.29) is 11.9 Å². The fourth-order valence-corrected chi connectivity index (χ4v) is 3.81. The Morgan fingerprint density at radius 2 is 2.00 bits per heavy atom. The van der Waals surface area contributed by atoms with Crippen molar-refractivity contribution in [1.82, 2.24) is 14.9 Å². The van der Waals surface area contributed by atoms with Crippen LogP contribution < -0.4 is 0 Å². The molecule has 0 radical (unpaired) electrons. The summed E-state index contributed by atoms with van der Waals surface area (Å²) < 4.78 is 44.8. The quantitative estimate of drug-likeness (QED) is 0.555. The Hall–Kier alpha value is -2.67. The fourth-order valence-electron chi connectivity index (χ4n) is 3.81. The zero-order valence-corrected chi connectivity index (χ0v) is 16.1. The zero-order valence-electron chi connectivity index (χ0n) is 16.1. The molecule has 2 aromatic heterocycles. The van der Waals surface area contributed by atoms with Gasteiger partial charge in [0.25, 0.3) is 0 Å².